The molecule has 0 aromatic heterocycles. The van der Waals surface area contributed by atoms with Gasteiger partial charge in [0.05, 0.1) is 5.60 Å². The summed E-state index contributed by atoms with van der Waals surface area (Å²) in [5.41, 5.74) is 0.311. The van der Waals surface area contributed by atoms with E-state index < -0.39 is 5.60 Å². The second-order valence-corrected chi connectivity index (χ2v) is 5.27. The molecule has 1 aromatic rings. The fraction of sp³-hybridized carbons (Fsp3) is 0.412. The molecule has 3 nitrogen and oxygen atoms in total. The zero-order valence-corrected chi connectivity index (χ0v) is 12.5. The van der Waals surface area contributed by atoms with Crippen LogP contribution in [0.1, 0.15) is 32.8 Å². The molecule has 1 rings (SSSR count). The first kappa shape index (κ1) is 16.7. The Kier molecular flexibility index (Phi) is 6.73. The molecule has 1 amide bonds. The van der Waals surface area contributed by atoms with Gasteiger partial charge in [-0.15, -0.1) is 0 Å². The summed E-state index contributed by atoms with van der Waals surface area (Å²) in [5, 5.41) is 9.88. The maximum atomic E-state index is 11.2. The first-order valence-electron chi connectivity index (χ1n) is 6.98. The van der Waals surface area contributed by atoms with Gasteiger partial charge in [-0.05, 0) is 45.1 Å². The molecule has 3 heteroatoms. The van der Waals surface area contributed by atoms with Crippen molar-refractivity contribution >= 4 is 6.41 Å². The second kappa shape index (κ2) is 8.05. The summed E-state index contributed by atoms with van der Waals surface area (Å²) < 4.78 is 0. The van der Waals surface area contributed by atoms with Crippen LogP contribution in [-0.2, 0) is 11.3 Å². The Morgan fingerprint density at radius 2 is 2.00 bits per heavy atom. The SMILES string of the molecule is CC[C@@](C)(O)[CH][CH][CH][C@@H](C)N(C=O)Cc1ccccc1. The Morgan fingerprint density at radius 1 is 1.35 bits per heavy atom. The van der Waals surface area contributed by atoms with Crippen molar-refractivity contribution in [3.8, 4) is 0 Å². The number of carbonyl (C=O) groups is 1. The summed E-state index contributed by atoms with van der Waals surface area (Å²) in [4.78, 5) is 12.9. The predicted molar refractivity (Wildman–Crippen MR) is 81.3 cm³/mol. The van der Waals surface area contributed by atoms with Crippen LogP contribution >= 0.6 is 0 Å². The molecule has 0 heterocycles. The van der Waals surface area contributed by atoms with Gasteiger partial charge in [-0.2, -0.15) is 0 Å². The molecule has 20 heavy (non-hydrogen) atoms. The summed E-state index contributed by atoms with van der Waals surface area (Å²) in [5.74, 6) is 0. The Labute approximate surface area is 122 Å². The van der Waals surface area contributed by atoms with Crippen LogP contribution in [0.2, 0.25) is 0 Å². The van der Waals surface area contributed by atoms with Crippen LogP contribution < -0.4 is 0 Å². The highest BCUT2D eigenvalue weighted by Gasteiger charge is 2.19. The topological polar surface area (TPSA) is 40.5 Å². The molecule has 0 bridgehead atoms. The van der Waals surface area contributed by atoms with Gasteiger partial charge in [0.1, 0.15) is 0 Å². The van der Waals surface area contributed by atoms with Crippen molar-refractivity contribution in [2.45, 2.75) is 45.4 Å². The molecule has 2 atom stereocenters. The van der Waals surface area contributed by atoms with Gasteiger partial charge in [0.15, 0.2) is 0 Å². The highest BCUT2D eigenvalue weighted by Crippen LogP contribution is 2.17. The predicted octanol–water partition coefficient (Wildman–Crippen LogP) is 2.81. The third kappa shape index (κ3) is 5.74. The molecule has 109 valence electrons. The highest BCUT2D eigenvalue weighted by molar-refractivity contribution is 5.48. The second-order valence-electron chi connectivity index (χ2n) is 5.27. The summed E-state index contributed by atoms with van der Waals surface area (Å²) in [7, 11) is 0. The van der Waals surface area contributed by atoms with E-state index in [-0.39, 0.29) is 6.04 Å². The fourth-order valence-corrected chi connectivity index (χ4v) is 1.72. The van der Waals surface area contributed by atoms with Crippen molar-refractivity contribution in [3.63, 3.8) is 0 Å². The van der Waals surface area contributed by atoms with Crippen molar-refractivity contribution in [2.75, 3.05) is 0 Å². The Bertz CT molecular complexity index is 389. The number of nitrogens with zero attached hydrogens (tertiary/aromatic N) is 1. The standard InChI is InChI=1S/C17H24NO2/c1-4-17(3,20)12-8-9-15(2)18(14-19)13-16-10-6-5-7-11-16/h5-12,14-15,20H,4,13H2,1-3H3/t15-,17-/m1/s1. The van der Waals surface area contributed by atoms with E-state index in [2.05, 4.69) is 0 Å². The Hall–Kier alpha value is -1.35. The first-order valence-corrected chi connectivity index (χ1v) is 6.98. The van der Waals surface area contributed by atoms with E-state index in [0.29, 0.717) is 13.0 Å². The minimum absolute atomic E-state index is 0.0170. The molecule has 0 fully saturated rings. The maximum absolute atomic E-state index is 11.2. The average molecular weight is 274 g/mol. The molecule has 1 aromatic carbocycles. The molecule has 0 saturated carbocycles. The van der Waals surface area contributed by atoms with Crippen LogP contribution in [0.25, 0.3) is 0 Å². The van der Waals surface area contributed by atoms with Crippen molar-refractivity contribution in [1.29, 1.82) is 0 Å². The number of benzene rings is 1. The summed E-state index contributed by atoms with van der Waals surface area (Å²) in [6.07, 6.45) is 7.03. The lowest BCUT2D eigenvalue weighted by Gasteiger charge is -2.26. The summed E-state index contributed by atoms with van der Waals surface area (Å²) in [6.45, 7) is 6.24. The largest absolute Gasteiger partial charge is 0.390 e. The van der Waals surface area contributed by atoms with Gasteiger partial charge in [-0.3, -0.25) is 4.79 Å². The molecule has 0 aliphatic rings. The number of hydrogen-bond acceptors (Lipinski definition) is 2. The molecular formula is C17H24NO2. The quantitative estimate of drug-likeness (QED) is 0.703. The smallest absolute Gasteiger partial charge is 0.210 e. The molecule has 1 N–H and O–H groups in total. The average Bonchev–Trinajstić information content (AvgIpc) is 2.45. The van der Waals surface area contributed by atoms with Gasteiger partial charge < -0.3 is 10.0 Å². The number of rotatable bonds is 9. The van der Waals surface area contributed by atoms with Crippen LogP contribution in [-0.4, -0.2) is 28.1 Å². The maximum Gasteiger partial charge on any atom is 0.210 e. The minimum atomic E-state index is -0.790. The van der Waals surface area contributed by atoms with Crippen LogP contribution in [0.4, 0.5) is 0 Å². The van der Waals surface area contributed by atoms with Gasteiger partial charge >= 0.3 is 0 Å². The molecule has 0 saturated heterocycles. The van der Waals surface area contributed by atoms with Gasteiger partial charge in [-0.25, -0.2) is 0 Å². The summed E-state index contributed by atoms with van der Waals surface area (Å²) in [6, 6.07) is 9.87. The van der Waals surface area contributed by atoms with E-state index in [1.807, 2.05) is 57.0 Å². The Morgan fingerprint density at radius 3 is 2.55 bits per heavy atom. The van der Waals surface area contributed by atoms with Crippen molar-refractivity contribution in [3.05, 3.63) is 55.2 Å². The molecule has 0 unspecified atom stereocenters. The lowest BCUT2D eigenvalue weighted by molar-refractivity contribution is -0.119. The molecular weight excluding hydrogens is 250 g/mol. The van der Waals surface area contributed by atoms with Crippen molar-refractivity contribution in [2.24, 2.45) is 0 Å². The molecule has 0 spiro atoms. The third-order valence-corrected chi connectivity index (χ3v) is 3.43. The normalized spacial score (nSPS) is 15.4. The molecule has 3 radical (unpaired) electrons. The number of amides is 1. The van der Waals surface area contributed by atoms with E-state index in [1.54, 1.807) is 18.2 Å². The van der Waals surface area contributed by atoms with Crippen molar-refractivity contribution in [1.82, 2.24) is 4.90 Å². The van der Waals surface area contributed by atoms with Crippen LogP contribution in [0, 0.1) is 19.3 Å². The number of carbonyl (C=O) groups excluding carboxylic acids is 1. The van der Waals surface area contributed by atoms with Crippen LogP contribution in [0.15, 0.2) is 30.3 Å². The zero-order valence-electron chi connectivity index (χ0n) is 12.5. The van der Waals surface area contributed by atoms with E-state index in [0.717, 1.165) is 12.0 Å². The summed E-state index contributed by atoms with van der Waals surface area (Å²) >= 11 is 0. The number of aliphatic hydroxyl groups is 1. The van der Waals surface area contributed by atoms with E-state index in [9.17, 15) is 9.90 Å². The first-order chi connectivity index (χ1) is 9.48. The molecule has 0 aliphatic carbocycles. The van der Waals surface area contributed by atoms with Crippen LogP contribution in [0.5, 0.6) is 0 Å². The van der Waals surface area contributed by atoms with E-state index >= 15 is 0 Å². The monoisotopic (exact) mass is 274 g/mol. The van der Waals surface area contributed by atoms with E-state index in [1.165, 1.54) is 0 Å². The lowest BCUT2D eigenvalue weighted by atomic mass is 9.95. The lowest BCUT2D eigenvalue weighted by Crippen LogP contribution is -2.33. The van der Waals surface area contributed by atoms with Crippen molar-refractivity contribution < 1.29 is 9.90 Å². The zero-order chi connectivity index (χ0) is 15.0. The van der Waals surface area contributed by atoms with Gasteiger partial charge in [0.25, 0.3) is 0 Å². The minimum Gasteiger partial charge on any atom is -0.390 e. The van der Waals surface area contributed by atoms with Gasteiger partial charge in [0.2, 0.25) is 6.41 Å². The van der Waals surface area contributed by atoms with Gasteiger partial charge in [0, 0.05) is 12.6 Å². The van der Waals surface area contributed by atoms with E-state index in [4.69, 9.17) is 0 Å². The highest BCUT2D eigenvalue weighted by atomic mass is 16.3. The number of hydrogen-bond donors (Lipinski definition) is 1. The van der Waals surface area contributed by atoms with Crippen LogP contribution in [0.3, 0.4) is 0 Å². The Balaban J connectivity index is 2.43. The fourth-order valence-electron chi connectivity index (χ4n) is 1.72. The third-order valence-electron chi connectivity index (χ3n) is 3.43. The molecule has 0 aliphatic heterocycles. The van der Waals surface area contributed by atoms with Gasteiger partial charge in [-0.1, -0.05) is 37.3 Å².